The van der Waals surface area contributed by atoms with E-state index in [-0.39, 0.29) is 5.95 Å². The molecule has 1 aliphatic heterocycles. The van der Waals surface area contributed by atoms with E-state index in [9.17, 15) is 0 Å². The van der Waals surface area contributed by atoms with E-state index >= 15 is 0 Å². The van der Waals surface area contributed by atoms with Gasteiger partial charge in [-0.1, -0.05) is 47.7 Å². The molecule has 3 aromatic heterocycles. The minimum absolute atomic E-state index is 0.262. The van der Waals surface area contributed by atoms with Gasteiger partial charge in [-0.15, -0.1) is 0 Å². The maximum Gasteiger partial charge on any atom is 0.222 e. The van der Waals surface area contributed by atoms with Gasteiger partial charge in [-0.2, -0.15) is 4.98 Å². The first-order valence-corrected chi connectivity index (χ1v) is 12.1. The van der Waals surface area contributed by atoms with Crippen LogP contribution in [0.25, 0.3) is 32.6 Å². The van der Waals surface area contributed by atoms with E-state index in [2.05, 4.69) is 49.1 Å². The summed E-state index contributed by atoms with van der Waals surface area (Å²) in [6.07, 6.45) is 1.86. The highest BCUT2D eigenvalue weighted by atomic mass is 32.1. The Hall–Kier alpha value is -4.24. The molecule has 174 valence electrons. The number of aromatic nitrogens is 4. The standard InChI is InChI=1S/C26H23N7OS/c1-15-22(16-5-3-2-4-6-16)23(32-25(27)30-15)33-9-10-34-21-8-7-17(11-19(21)14-33)18-12-20-24(29-13-18)35-26(28)31-20/h2-8,11-13H,9-10,14H2,1H3,(H2,28,31)(H2,27,30,32). The lowest BCUT2D eigenvalue weighted by Gasteiger charge is -2.25. The van der Waals surface area contributed by atoms with Gasteiger partial charge in [-0.05, 0) is 36.2 Å². The maximum absolute atomic E-state index is 6.11. The zero-order chi connectivity index (χ0) is 23.9. The third kappa shape index (κ3) is 4.00. The molecule has 2 aromatic carbocycles. The zero-order valence-electron chi connectivity index (χ0n) is 19.1. The molecule has 0 amide bonds. The molecule has 5 aromatic rings. The average molecular weight is 482 g/mol. The van der Waals surface area contributed by atoms with E-state index in [1.807, 2.05) is 43.5 Å². The summed E-state index contributed by atoms with van der Waals surface area (Å²) >= 11 is 1.39. The predicted molar refractivity (Wildman–Crippen MR) is 140 cm³/mol. The van der Waals surface area contributed by atoms with Gasteiger partial charge in [0.05, 0.1) is 12.2 Å². The summed E-state index contributed by atoms with van der Waals surface area (Å²) in [6.45, 7) is 3.80. The second kappa shape index (κ2) is 8.52. The second-order valence-corrected chi connectivity index (χ2v) is 9.43. The van der Waals surface area contributed by atoms with Gasteiger partial charge >= 0.3 is 0 Å². The minimum atomic E-state index is 0.262. The minimum Gasteiger partial charge on any atom is -0.491 e. The van der Waals surface area contributed by atoms with Crippen LogP contribution in [-0.4, -0.2) is 33.1 Å². The fourth-order valence-electron chi connectivity index (χ4n) is 4.50. The lowest BCUT2D eigenvalue weighted by atomic mass is 10.0. The number of thiazole rings is 1. The largest absolute Gasteiger partial charge is 0.491 e. The van der Waals surface area contributed by atoms with Gasteiger partial charge in [0.15, 0.2) is 5.13 Å². The summed E-state index contributed by atoms with van der Waals surface area (Å²) < 4.78 is 6.11. The molecule has 0 aliphatic carbocycles. The van der Waals surface area contributed by atoms with Crippen LogP contribution in [0.3, 0.4) is 0 Å². The first-order chi connectivity index (χ1) is 17.0. The van der Waals surface area contributed by atoms with E-state index in [0.717, 1.165) is 55.4 Å². The summed E-state index contributed by atoms with van der Waals surface area (Å²) in [6, 6.07) is 18.4. The van der Waals surface area contributed by atoms with Crippen molar-refractivity contribution in [1.29, 1.82) is 0 Å². The summed E-state index contributed by atoms with van der Waals surface area (Å²) in [7, 11) is 0. The van der Waals surface area contributed by atoms with E-state index in [4.69, 9.17) is 16.2 Å². The van der Waals surface area contributed by atoms with Crippen molar-refractivity contribution in [3.05, 3.63) is 72.1 Å². The topological polar surface area (TPSA) is 116 Å². The zero-order valence-corrected chi connectivity index (χ0v) is 19.9. The number of nitrogen functional groups attached to an aromatic ring is 2. The number of nitrogens with two attached hydrogens (primary N) is 2. The van der Waals surface area contributed by atoms with Crippen LogP contribution in [0.2, 0.25) is 0 Å². The molecule has 0 fully saturated rings. The smallest absolute Gasteiger partial charge is 0.222 e. The van der Waals surface area contributed by atoms with Crippen molar-refractivity contribution < 1.29 is 4.74 Å². The number of nitrogens with zero attached hydrogens (tertiary/aromatic N) is 5. The van der Waals surface area contributed by atoms with Crippen LogP contribution >= 0.6 is 11.3 Å². The Labute approximate surface area is 206 Å². The number of benzene rings is 2. The lowest BCUT2D eigenvalue weighted by Crippen LogP contribution is -2.27. The number of hydrogen-bond acceptors (Lipinski definition) is 9. The van der Waals surface area contributed by atoms with Crippen LogP contribution in [0.4, 0.5) is 16.9 Å². The number of fused-ring (bicyclic) bond motifs is 2. The average Bonchev–Trinajstić information content (AvgIpc) is 3.09. The molecule has 1 aliphatic rings. The molecule has 0 saturated heterocycles. The molecule has 0 unspecified atom stereocenters. The molecular formula is C26H23N7OS. The molecule has 0 bridgehead atoms. The van der Waals surface area contributed by atoms with Crippen molar-refractivity contribution in [2.45, 2.75) is 13.5 Å². The normalized spacial score (nSPS) is 13.3. The molecule has 4 heterocycles. The van der Waals surface area contributed by atoms with Crippen molar-refractivity contribution in [2.24, 2.45) is 0 Å². The van der Waals surface area contributed by atoms with E-state index in [0.29, 0.717) is 24.8 Å². The van der Waals surface area contributed by atoms with Gasteiger partial charge in [0.25, 0.3) is 0 Å². The Morgan fingerprint density at radius 3 is 2.66 bits per heavy atom. The molecule has 6 rings (SSSR count). The SMILES string of the molecule is Cc1nc(N)nc(N2CCOc3ccc(-c4cnc5sc(N)nc5c4)cc3C2)c1-c1ccccc1. The van der Waals surface area contributed by atoms with E-state index in [1.165, 1.54) is 11.3 Å². The van der Waals surface area contributed by atoms with Gasteiger partial charge in [-0.25, -0.2) is 15.0 Å². The summed E-state index contributed by atoms with van der Waals surface area (Å²) in [5.74, 6) is 1.94. The highest BCUT2D eigenvalue weighted by Gasteiger charge is 2.23. The first-order valence-electron chi connectivity index (χ1n) is 11.3. The Morgan fingerprint density at radius 2 is 1.80 bits per heavy atom. The quantitative estimate of drug-likeness (QED) is 0.381. The van der Waals surface area contributed by atoms with Crippen molar-refractivity contribution in [3.8, 4) is 28.0 Å². The fraction of sp³-hybridized carbons (Fsp3) is 0.154. The van der Waals surface area contributed by atoms with Crippen molar-refractivity contribution >= 4 is 38.6 Å². The van der Waals surface area contributed by atoms with Crippen molar-refractivity contribution in [1.82, 2.24) is 19.9 Å². The number of pyridine rings is 1. The van der Waals surface area contributed by atoms with Gasteiger partial charge in [0.2, 0.25) is 5.95 Å². The number of hydrogen-bond donors (Lipinski definition) is 2. The third-order valence-corrected chi connectivity index (χ3v) is 6.90. The molecule has 8 nitrogen and oxygen atoms in total. The number of aryl methyl sites for hydroxylation is 1. The molecule has 9 heteroatoms. The second-order valence-electron chi connectivity index (χ2n) is 8.42. The monoisotopic (exact) mass is 481 g/mol. The van der Waals surface area contributed by atoms with Gasteiger partial charge in [-0.3, -0.25) is 0 Å². The van der Waals surface area contributed by atoms with Crippen LogP contribution in [0.15, 0.2) is 60.8 Å². The molecular weight excluding hydrogens is 458 g/mol. The fourth-order valence-corrected chi connectivity index (χ4v) is 5.16. The predicted octanol–water partition coefficient (Wildman–Crippen LogP) is 4.69. The molecule has 0 spiro atoms. The summed E-state index contributed by atoms with van der Waals surface area (Å²) in [5.41, 5.74) is 18.7. The molecule has 0 radical (unpaired) electrons. The Balaban J connectivity index is 1.41. The number of anilines is 3. The van der Waals surface area contributed by atoms with Crippen LogP contribution < -0.4 is 21.1 Å². The molecule has 0 atom stereocenters. The highest BCUT2D eigenvalue weighted by Crippen LogP contribution is 2.36. The Bertz CT molecular complexity index is 1550. The van der Waals surface area contributed by atoms with Crippen LogP contribution in [-0.2, 0) is 6.54 Å². The third-order valence-electron chi connectivity index (χ3n) is 6.09. The van der Waals surface area contributed by atoms with Crippen LogP contribution in [0, 0.1) is 6.92 Å². The Morgan fingerprint density at radius 1 is 0.943 bits per heavy atom. The van der Waals surface area contributed by atoms with Crippen LogP contribution in [0.5, 0.6) is 5.75 Å². The molecule has 35 heavy (non-hydrogen) atoms. The summed E-state index contributed by atoms with van der Waals surface area (Å²) in [4.78, 5) is 21.1. The van der Waals surface area contributed by atoms with Crippen molar-refractivity contribution in [3.63, 3.8) is 0 Å². The van der Waals surface area contributed by atoms with Crippen LogP contribution in [0.1, 0.15) is 11.3 Å². The molecule has 0 saturated carbocycles. The van der Waals surface area contributed by atoms with Gasteiger partial charge in [0.1, 0.15) is 28.5 Å². The maximum atomic E-state index is 6.11. The van der Waals surface area contributed by atoms with Gasteiger partial charge in [0, 0.05) is 29.4 Å². The first kappa shape index (κ1) is 21.3. The highest BCUT2D eigenvalue weighted by molar-refractivity contribution is 7.21. The number of rotatable bonds is 3. The van der Waals surface area contributed by atoms with Gasteiger partial charge < -0.3 is 21.1 Å². The van der Waals surface area contributed by atoms with E-state index < -0.39 is 0 Å². The number of ether oxygens (including phenoxy) is 1. The lowest BCUT2D eigenvalue weighted by molar-refractivity contribution is 0.331. The Kier molecular flexibility index (Phi) is 5.18. The van der Waals surface area contributed by atoms with Crippen molar-refractivity contribution in [2.75, 3.05) is 29.5 Å². The summed E-state index contributed by atoms with van der Waals surface area (Å²) in [5, 5.41) is 0.518. The van der Waals surface area contributed by atoms with E-state index in [1.54, 1.807) is 0 Å². The molecule has 4 N–H and O–H groups in total.